The maximum Gasteiger partial charge on any atom is 0.129 e. The van der Waals surface area contributed by atoms with E-state index in [0.717, 1.165) is 25.5 Å². The summed E-state index contributed by atoms with van der Waals surface area (Å²) in [4.78, 5) is 22.2. The molecular weight excluding hydrogens is 188 g/mol. The summed E-state index contributed by atoms with van der Waals surface area (Å²) < 4.78 is 0. The van der Waals surface area contributed by atoms with Crippen molar-refractivity contribution in [2.24, 2.45) is 16.7 Å². The summed E-state index contributed by atoms with van der Waals surface area (Å²) in [5.41, 5.74) is -0.00986. The highest BCUT2D eigenvalue weighted by Crippen LogP contribution is 2.54. The average molecular weight is 210 g/mol. The highest BCUT2D eigenvalue weighted by atomic mass is 16.1. The summed E-state index contributed by atoms with van der Waals surface area (Å²) in [5, 5.41) is 0. The molecule has 1 aliphatic rings. The van der Waals surface area contributed by atoms with Crippen LogP contribution in [0.5, 0.6) is 0 Å². The first kappa shape index (κ1) is 12.4. The first-order valence-corrected chi connectivity index (χ1v) is 5.77. The Kier molecular flexibility index (Phi) is 3.37. The zero-order valence-corrected chi connectivity index (χ0v) is 10.3. The van der Waals surface area contributed by atoms with Crippen molar-refractivity contribution in [3.8, 4) is 0 Å². The molecule has 0 amide bonds. The summed E-state index contributed by atoms with van der Waals surface area (Å²) in [6.45, 7) is 8.10. The predicted octanol–water partition coefficient (Wildman–Crippen LogP) is 3.00. The molecule has 15 heavy (non-hydrogen) atoms. The maximum absolute atomic E-state index is 11.2. The Morgan fingerprint density at radius 3 is 2.40 bits per heavy atom. The number of hydrogen-bond acceptors (Lipinski definition) is 2. The van der Waals surface area contributed by atoms with Crippen molar-refractivity contribution < 1.29 is 9.59 Å². The van der Waals surface area contributed by atoms with E-state index in [1.165, 1.54) is 0 Å². The van der Waals surface area contributed by atoms with Gasteiger partial charge in [-0.25, -0.2) is 0 Å². The Labute approximate surface area is 92.4 Å². The Balaban J connectivity index is 2.78. The molecule has 0 heterocycles. The van der Waals surface area contributed by atoms with E-state index in [1.54, 1.807) is 6.92 Å². The van der Waals surface area contributed by atoms with Gasteiger partial charge in [0, 0.05) is 11.8 Å². The molecule has 0 aliphatic heterocycles. The minimum Gasteiger partial charge on any atom is -0.303 e. The molecule has 1 aliphatic carbocycles. The van der Waals surface area contributed by atoms with E-state index in [9.17, 15) is 9.59 Å². The third-order valence-corrected chi connectivity index (χ3v) is 4.10. The van der Waals surface area contributed by atoms with Crippen molar-refractivity contribution in [1.82, 2.24) is 0 Å². The zero-order valence-electron chi connectivity index (χ0n) is 10.3. The van der Waals surface area contributed by atoms with Gasteiger partial charge in [-0.15, -0.1) is 0 Å². The van der Waals surface area contributed by atoms with Crippen molar-refractivity contribution in [1.29, 1.82) is 0 Å². The Bertz CT molecular complexity index is 268. The number of Topliss-reactive ketones (excluding diaryl/α,β-unsaturated/α-hetero) is 1. The van der Waals surface area contributed by atoms with Gasteiger partial charge in [-0.05, 0) is 37.5 Å². The second-order valence-corrected chi connectivity index (χ2v) is 5.91. The fourth-order valence-corrected chi connectivity index (χ4v) is 3.04. The van der Waals surface area contributed by atoms with Crippen molar-refractivity contribution >= 4 is 12.1 Å². The largest absolute Gasteiger partial charge is 0.303 e. The van der Waals surface area contributed by atoms with Crippen LogP contribution in [0.2, 0.25) is 0 Å². The van der Waals surface area contributed by atoms with Gasteiger partial charge in [-0.3, -0.25) is 0 Å². The van der Waals surface area contributed by atoms with Crippen LogP contribution in [0.15, 0.2) is 0 Å². The lowest BCUT2D eigenvalue weighted by Gasteiger charge is -2.34. The lowest BCUT2D eigenvalue weighted by atomic mass is 9.70. The van der Waals surface area contributed by atoms with Crippen LogP contribution in [-0.4, -0.2) is 12.1 Å². The van der Waals surface area contributed by atoms with Gasteiger partial charge < -0.3 is 9.59 Å². The monoisotopic (exact) mass is 210 g/mol. The number of carbonyl (C=O) groups is 2. The second-order valence-electron chi connectivity index (χ2n) is 5.91. The molecule has 0 aromatic heterocycles. The predicted molar refractivity (Wildman–Crippen MR) is 60.6 cm³/mol. The molecule has 0 radical (unpaired) electrons. The van der Waals surface area contributed by atoms with Gasteiger partial charge in [-0.1, -0.05) is 20.8 Å². The molecule has 0 N–H and O–H groups in total. The van der Waals surface area contributed by atoms with E-state index in [1.807, 2.05) is 6.92 Å². The maximum atomic E-state index is 11.2. The lowest BCUT2D eigenvalue weighted by Crippen LogP contribution is -2.31. The van der Waals surface area contributed by atoms with Crippen molar-refractivity contribution in [3.05, 3.63) is 0 Å². The third kappa shape index (κ3) is 2.47. The van der Waals surface area contributed by atoms with Crippen LogP contribution in [0.3, 0.4) is 0 Å². The molecular formula is C13H22O2. The van der Waals surface area contributed by atoms with Crippen LogP contribution in [0.4, 0.5) is 0 Å². The average Bonchev–Trinajstić information content (AvgIpc) is 2.36. The molecule has 0 aromatic rings. The van der Waals surface area contributed by atoms with Gasteiger partial charge >= 0.3 is 0 Å². The van der Waals surface area contributed by atoms with Gasteiger partial charge in [0.25, 0.3) is 0 Å². The summed E-state index contributed by atoms with van der Waals surface area (Å²) in [6.07, 6.45) is 4.62. The summed E-state index contributed by atoms with van der Waals surface area (Å²) >= 11 is 0. The van der Waals surface area contributed by atoms with Gasteiger partial charge in [0.2, 0.25) is 0 Å². The van der Waals surface area contributed by atoms with Crippen LogP contribution in [-0.2, 0) is 9.59 Å². The van der Waals surface area contributed by atoms with E-state index in [2.05, 4.69) is 13.8 Å². The molecule has 2 unspecified atom stereocenters. The molecule has 2 nitrogen and oxygen atoms in total. The second kappa shape index (κ2) is 4.07. The molecule has 0 bridgehead atoms. The van der Waals surface area contributed by atoms with E-state index in [4.69, 9.17) is 0 Å². The quantitative estimate of drug-likeness (QED) is 0.668. The van der Waals surface area contributed by atoms with Gasteiger partial charge in [-0.2, -0.15) is 0 Å². The first-order chi connectivity index (χ1) is 6.82. The summed E-state index contributed by atoms with van der Waals surface area (Å²) in [7, 11) is 0. The minimum atomic E-state index is -0.209. The smallest absolute Gasteiger partial charge is 0.129 e. The van der Waals surface area contributed by atoms with E-state index < -0.39 is 0 Å². The molecule has 2 heteroatoms. The molecule has 0 saturated heterocycles. The van der Waals surface area contributed by atoms with Crippen LogP contribution >= 0.6 is 0 Å². The normalized spacial score (nSPS) is 34.0. The first-order valence-electron chi connectivity index (χ1n) is 5.77. The standard InChI is InChI=1S/C13H22O2/c1-10(15)5-6-11-12(2,3)7-8-13(11,4)9-14/h9,11H,5-8H2,1-4H3. The molecule has 0 spiro atoms. The van der Waals surface area contributed by atoms with E-state index in [-0.39, 0.29) is 16.6 Å². The third-order valence-electron chi connectivity index (χ3n) is 4.10. The molecule has 1 fully saturated rings. The van der Waals surface area contributed by atoms with Crippen molar-refractivity contribution in [2.75, 3.05) is 0 Å². The number of carbonyl (C=O) groups excluding carboxylic acids is 2. The van der Waals surface area contributed by atoms with Crippen LogP contribution in [0.25, 0.3) is 0 Å². The zero-order chi connectivity index (χ0) is 11.7. The number of hydrogen-bond donors (Lipinski definition) is 0. The number of rotatable bonds is 4. The summed E-state index contributed by atoms with van der Waals surface area (Å²) in [5.74, 6) is 0.581. The molecule has 0 aromatic carbocycles. The molecule has 2 atom stereocenters. The van der Waals surface area contributed by atoms with Crippen molar-refractivity contribution in [2.45, 2.75) is 53.4 Å². The minimum absolute atomic E-state index is 0.200. The van der Waals surface area contributed by atoms with Gasteiger partial charge in [0.05, 0.1) is 0 Å². The molecule has 1 saturated carbocycles. The SMILES string of the molecule is CC(=O)CCC1C(C)(C)CCC1(C)C=O. The fraction of sp³-hybridized carbons (Fsp3) is 0.846. The van der Waals surface area contributed by atoms with Crippen LogP contribution in [0, 0.1) is 16.7 Å². The highest BCUT2D eigenvalue weighted by Gasteiger charge is 2.49. The molecule has 86 valence electrons. The topological polar surface area (TPSA) is 34.1 Å². The van der Waals surface area contributed by atoms with Crippen LogP contribution < -0.4 is 0 Å². The highest BCUT2D eigenvalue weighted by molar-refractivity contribution is 5.75. The number of ketones is 1. The Morgan fingerprint density at radius 2 is 1.93 bits per heavy atom. The number of aldehydes is 1. The van der Waals surface area contributed by atoms with Crippen molar-refractivity contribution in [3.63, 3.8) is 0 Å². The Hall–Kier alpha value is -0.660. The van der Waals surface area contributed by atoms with Crippen LogP contribution in [0.1, 0.15) is 53.4 Å². The Morgan fingerprint density at radius 1 is 1.33 bits per heavy atom. The van der Waals surface area contributed by atoms with E-state index in [0.29, 0.717) is 12.3 Å². The summed E-state index contributed by atoms with van der Waals surface area (Å²) in [6, 6.07) is 0. The van der Waals surface area contributed by atoms with E-state index >= 15 is 0 Å². The fourth-order valence-electron chi connectivity index (χ4n) is 3.04. The van der Waals surface area contributed by atoms with Gasteiger partial charge in [0.15, 0.2) is 0 Å². The lowest BCUT2D eigenvalue weighted by molar-refractivity contribution is -0.121. The molecule has 1 rings (SSSR count). The van der Waals surface area contributed by atoms with Gasteiger partial charge in [0.1, 0.15) is 12.1 Å².